The second kappa shape index (κ2) is 13.9. The lowest BCUT2D eigenvalue weighted by Gasteiger charge is -2.30. The van der Waals surface area contributed by atoms with E-state index in [1.54, 1.807) is 31.6 Å². The lowest BCUT2D eigenvalue weighted by atomic mass is 10.1. The number of nitrogens with one attached hydrogen (secondary N) is 3. The second-order valence-electron chi connectivity index (χ2n) is 6.24. The van der Waals surface area contributed by atoms with Crippen LogP contribution in [0.1, 0.15) is 25.5 Å². The molecule has 0 saturated heterocycles. The highest BCUT2D eigenvalue weighted by atomic mass is 127. The third kappa shape index (κ3) is 8.36. The van der Waals surface area contributed by atoms with Gasteiger partial charge in [-0.3, -0.25) is 19.7 Å². The zero-order chi connectivity index (χ0) is 20.2. The summed E-state index contributed by atoms with van der Waals surface area (Å²) >= 11 is 0. The van der Waals surface area contributed by atoms with Crippen molar-refractivity contribution in [2.75, 3.05) is 38.5 Å². The van der Waals surface area contributed by atoms with Crippen LogP contribution in [0, 0.1) is 0 Å². The highest BCUT2D eigenvalue weighted by molar-refractivity contribution is 14.0. The molecule has 1 unspecified atom stereocenters. The SMILES string of the molecule is CCN(CC)C(CNC(=NC)NCC(=O)Nc1cccnc1)c1ccccc1.I. The zero-order valence-electron chi connectivity index (χ0n) is 17.3. The van der Waals surface area contributed by atoms with Crippen molar-refractivity contribution in [1.29, 1.82) is 0 Å². The van der Waals surface area contributed by atoms with Gasteiger partial charge >= 0.3 is 0 Å². The maximum absolute atomic E-state index is 12.1. The quantitative estimate of drug-likeness (QED) is 0.275. The lowest BCUT2D eigenvalue weighted by Crippen LogP contribution is -2.45. The van der Waals surface area contributed by atoms with Crippen molar-refractivity contribution in [1.82, 2.24) is 20.5 Å². The molecule has 1 heterocycles. The van der Waals surface area contributed by atoms with Gasteiger partial charge < -0.3 is 16.0 Å². The van der Waals surface area contributed by atoms with Crippen LogP contribution < -0.4 is 16.0 Å². The van der Waals surface area contributed by atoms with Crippen molar-refractivity contribution in [2.45, 2.75) is 19.9 Å². The van der Waals surface area contributed by atoms with E-state index < -0.39 is 0 Å². The van der Waals surface area contributed by atoms with Gasteiger partial charge in [-0.25, -0.2) is 0 Å². The molecule has 1 aromatic carbocycles. The number of rotatable bonds is 9. The van der Waals surface area contributed by atoms with E-state index in [2.05, 4.69) is 68.9 Å². The minimum absolute atomic E-state index is 0. The molecule has 158 valence electrons. The highest BCUT2D eigenvalue weighted by Gasteiger charge is 2.18. The van der Waals surface area contributed by atoms with E-state index in [4.69, 9.17) is 0 Å². The monoisotopic (exact) mass is 510 g/mol. The van der Waals surface area contributed by atoms with Crippen LogP contribution in [0.4, 0.5) is 5.69 Å². The number of carbonyl (C=O) groups is 1. The Balaban J connectivity index is 0.00000420. The van der Waals surface area contributed by atoms with Crippen molar-refractivity contribution >= 4 is 41.5 Å². The zero-order valence-corrected chi connectivity index (χ0v) is 19.6. The van der Waals surface area contributed by atoms with E-state index in [0.717, 1.165) is 13.1 Å². The van der Waals surface area contributed by atoms with Crippen molar-refractivity contribution in [3.8, 4) is 0 Å². The summed E-state index contributed by atoms with van der Waals surface area (Å²) < 4.78 is 0. The standard InChI is InChI=1S/C21H30N6O.HI/c1-4-27(5-2)19(17-10-7-6-8-11-17)15-24-21(22-3)25-16-20(28)26-18-12-9-13-23-14-18;/h6-14,19H,4-5,15-16H2,1-3H3,(H,26,28)(H2,22,24,25);1H. The van der Waals surface area contributed by atoms with Gasteiger partial charge in [0.05, 0.1) is 24.5 Å². The molecule has 0 saturated carbocycles. The molecule has 2 rings (SSSR count). The summed E-state index contributed by atoms with van der Waals surface area (Å²) in [7, 11) is 1.70. The first-order chi connectivity index (χ1) is 13.7. The van der Waals surface area contributed by atoms with E-state index in [9.17, 15) is 4.79 Å². The Morgan fingerprint density at radius 1 is 1.10 bits per heavy atom. The summed E-state index contributed by atoms with van der Waals surface area (Å²) in [6.45, 7) is 7.05. The molecule has 7 nitrogen and oxygen atoms in total. The fraction of sp³-hybridized carbons (Fsp3) is 0.381. The van der Waals surface area contributed by atoms with E-state index in [0.29, 0.717) is 18.2 Å². The summed E-state index contributed by atoms with van der Waals surface area (Å²) in [5.74, 6) is 0.439. The van der Waals surface area contributed by atoms with Crippen LogP contribution in [0.5, 0.6) is 0 Å². The molecule has 0 fully saturated rings. The Morgan fingerprint density at radius 2 is 1.83 bits per heavy atom. The normalized spacial score (nSPS) is 12.1. The number of nitrogens with zero attached hydrogens (tertiary/aromatic N) is 3. The maximum atomic E-state index is 12.1. The summed E-state index contributed by atoms with van der Waals surface area (Å²) in [5.41, 5.74) is 1.92. The summed E-state index contributed by atoms with van der Waals surface area (Å²) in [6, 6.07) is 14.2. The topological polar surface area (TPSA) is 81.6 Å². The molecule has 3 N–H and O–H groups in total. The van der Waals surface area contributed by atoms with Crippen LogP contribution in [-0.2, 0) is 4.79 Å². The molecule has 8 heteroatoms. The third-order valence-electron chi connectivity index (χ3n) is 4.49. The minimum Gasteiger partial charge on any atom is -0.354 e. The molecular formula is C21H31IN6O. The van der Waals surface area contributed by atoms with Crippen LogP contribution >= 0.6 is 24.0 Å². The first-order valence-electron chi connectivity index (χ1n) is 9.61. The largest absolute Gasteiger partial charge is 0.354 e. The number of hydrogen-bond acceptors (Lipinski definition) is 4. The van der Waals surface area contributed by atoms with Crippen LogP contribution in [0.3, 0.4) is 0 Å². The van der Waals surface area contributed by atoms with E-state index in [-0.39, 0.29) is 42.5 Å². The Morgan fingerprint density at radius 3 is 2.41 bits per heavy atom. The smallest absolute Gasteiger partial charge is 0.243 e. The molecule has 1 aromatic heterocycles. The number of hydrogen-bond donors (Lipinski definition) is 3. The second-order valence-corrected chi connectivity index (χ2v) is 6.24. The molecule has 0 aliphatic heterocycles. The molecule has 1 amide bonds. The number of pyridine rings is 1. The van der Waals surface area contributed by atoms with Gasteiger partial charge in [-0.05, 0) is 30.8 Å². The molecule has 2 aromatic rings. The molecule has 0 aliphatic carbocycles. The van der Waals surface area contributed by atoms with Crippen LogP contribution in [0.25, 0.3) is 0 Å². The number of anilines is 1. The number of carbonyl (C=O) groups excluding carboxylic acids is 1. The number of benzene rings is 1. The minimum atomic E-state index is -0.153. The number of aliphatic imine (C=N–C) groups is 1. The average molecular weight is 510 g/mol. The number of amides is 1. The number of halogens is 1. The first-order valence-corrected chi connectivity index (χ1v) is 9.61. The van der Waals surface area contributed by atoms with Crippen molar-refractivity contribution in [3.63, 3.8) is 0 Å². The Bertz CT molecular complexity index is 737. The molecule has 0 radical (unpaired) electrons. The number of likely N-dealkylation sites (N-methyl/N-ethyl adjacent to an activating group) is 1. The summed E-state index contributed by atoms with van der Waals surface area (Å²) in [6.07, 6.45) is 3.28. The predicted octanol–water partition coefficient (Wildman–Crippen LogP) is 2.89. The van der Waals surface area contributed by atoms with Gasteiger partial charge in [0.1, 0.15) is 0 Å². The molecule has 0 bridgehead atoms. The van der Waals surface area contributed by atoms with Gasteiger partial charge in [0.2, 0.25) is 5.91 Å². The van der Waals surface area contributed by atoms with Gasteiger partial charge in [-0.15, -0.1) is 24.0 Å². The van der Waals surface area contributed by atoms with E-state index in [1.165, 1.54) is 5.56 Å². The lowest BCUT2D eigenvalue weighted by molar-refractivity contribution is -0.115. The summed E-state index contributed by atoms with van der Waals surface area (Å²) in [4.78, 5) is 22.7. The van der Waals surface area contributed by atoms with Gasteiger partial charge in [-0.2, -0.15) is 0 Å². The van der Waals surface area contributed by atoms with Gasteiger partial charge in [0.25, 0.3) is 0 Å². The molecule has 0 spiro atoms. The van der Waals surface area contributed by atoms with Crippen LogP contribution in [0.2, 0.25) is 0 Å². The molecule has 0 aliphatic rings. The fourth-order valence-electron chi connectivity index (χ4n) is 3.02. The third-order valence-corrected chi connectivity index (χ3v) is 4.49. The fourth-order valence-corrected chi connectivity index (χ4v) is 3.02. The van der Waals surface area contributed by atoms with E-state index >= 15 is 0 Å². The molecule has 29 heavy (non-hydrogen) atoms. The average Bonchev–Trinajstić information content (AvgIpc) is 2.74. The Hall–Kier alpha value is -2.20. The molecular weight excluding hydrogens is 479 g/mol. The van der Waals surface area contributed by atoms with Crippen molar-refractivity contribution in [3.05, 3.63) is 60.4 Å². The highest BCUT2D eigenvalue weighted by Crippen LogP contribution is 2.19. The predicted molar refractivity (Wildman–Crippen MR) is 130 cm³/mol. The Labute approximate surface area is 190 Å². The van der Waals surface area contributed by atoms with Crippen LogP contribution in [-0.4, -0.2) is 55.0 Å². The van der Waals surface area contributed by atoms with Crippen LogP contribution in [0.15, 0.2) is 59.9 Å². The Kier molecular flexibility index (Phi) is 11.9. The van der Waals surface area contributed by atoms with Crippen molar-refractivity contribution < 1.29 is 4.79 Å². The molecule has 1 atom stereocenters. The van der Waals surface area contributed by atoms with Gasteiger partial charge in [0.15, 0.2) is 5.96 Å². The van der Waals surface area contributed by atoms with Gasteiger partial charge in [0, 0.05) is 19.8 Å². The first kappa shape index (κ1) is 24.8. The van der Waals surface area contributed by atoms with Gasteiger partial charge in [-0.1, -0.05) is 44.2 Å². The summed E-state index contributed by atoms with van der Waals surface area (Å²) in [5, 5.41) is 9.19. The number of guanidine groups is 1. The number of aromatic nitrogens is 1. The van der Waals surface area contributed by atoms with Crippen molar-refractivity contribution in [2.24, 2.45) is 4.99 Å². The maximum Gasteiger partial charge on any atom is 0.243 e. The van der Waals surface area contributed by atoms with E-state index in [1.807, 2.05) is 6.07 Å².